The van der Waals surface area contributed by atoms with Crippen LogP contribution in [0.5, 0.6) is 0 Å². The van der Waals surface area contributed by atoms with Crippen LogP contribution < -0.4 is 10.6 Å². The summed E-state index contributed by atoms with van der Waals surface area (Å²) in [5.74, 6) is 0.669. The number of carbonyl (C=O) groups excluding carboxylic acids is 1. The van der Waals surface area contributed by atoms with Crippen molar-refractivity contribution in [2.75, 3.05) is 0 Å². The van der Waals surface area contributed by atoms with Gasteiger partial charge in [0.05, 0.1) is 0 Å². The van der Waals surface area contributed by atoms with Crippen LogP contribution in [0.2, 0.25) is 0 Å². The lowest BCUT2D eigenvalue weighted by atomic mass is 9.91. The molecule has 2 fully saturated rings. The second-order valence-corrected chi connectivity index (χ2v) is 9.11. The zero-order valence-corrected chi connectivity index (χ0v) is 17.1. The number of alkyl carbamates (subject to hydrolysis) is 1. The Balaban J connectivity index is 1.38. The van der Waals surface area contributed by atoms with Gasteiger partial charge < -0.3 is 15.4 Å². The number of hydrogen-bond acceptors (Lipinski definition) is 3. The summed E-state index contributed by atoms with van der Waals surface area (Å²) in [6.45, 7) is 7.94. The maximum Gasteiger partial charge on any atom is 0.407 e. The monoisotopic (exact) mass is 370 g/mol. The van der Waals surface area contributed by atoms with E-state index in [2.05, 4.69) is 54.0 Å². The quantitative estimate of drug-likeness (QED) is 0.775. The van der Waals surface area contributed by atoms with Crippen molar-refractivity contribution in [3.63, 3.8) is 0 Å². The minimum absolute atomic E-state index is 0.243. The zero-order chi connectivity index (χ0) is 19.4. The van der Waals surface area contributed by atoms with Gasteiger partial charge >= 0.3 is 6.09 Å². The smallest absolute Gasteiger partial charge is 0.407 e. The lowest BCUT2D eigenvalue weighted by Crippen LogP contribution is -2.44. The highest BCUT2D eigenvalue weighted by atomic mass is 16.6. The van der Waals surface area contributed by atoms with Gasteiger partial charge in [-0.25, -0.2) is 4.79 Å². The van der Waals surface area contributed by atoms with Gasteiger partial charge in [-0.3, -0.25) is 0 Å². The molecule has 1 amide bonds. The van der Waals surface area contributed by atoms with Crippen LogP contribution >= 0.6 is 0 Å². The Morgan fingerprint density at radius 3 is 2.33 bits per heavy atom. The Kier molecular flexibility index (Phi) is 6.25. The highest BCUT2D eigenvalue weighted by Gasteiger charge is 2.39. The summed E-state index contributed by atoms with van der Waals surface area (Å²) in [6.07, 6.45) is 7.54. The van der Waals surface area contributed by atoms with Gasteiger partial charge in [0.1, 0.15) is 5.60 Å². The topological polar surface area (TPSA) is 50.4 Å². The molecule has 0 radical (unpaired) electrons. The van der Waals surface area contributed by atoms with E-state index < -0.39 is 5.60 Å². The molecule has 2 atom stereocenters. The van der Waals surface area contributed by atoms with Crippen molar-refractivity contribution in [1.29, 1.82) is 0 Å². The average molecular weight is 371 g/mol. The normalized spacial score (nSPS) is 28.5. The Bertz CT molecular complexity index is 655. The molecular formula is C23H34N2O2. The van der Waals surface area contributed by atoms with Crippen LogP contribution in [-0.4, -0.2) is 29.8 Å². The van der Waals surface area contributed by atoms with Crippen molar-refractivity contribution >= 4 is 12.2 Å². The summed E-state index contributed by atoms with van der Waals surface area (Å²) in [4.78, 5) is 11.9. The van der Waals surface area contributed by atoms with Gasteiger partial charge in [-0.15, -0.1) is 0 Å². The SMILES string of the molecule is C/C(=C\c1ccccc1)[C@@H]1C[C@H]1N[C@H]1CC[C@@H](NC(=O)OC(C)(C)C)CC1. The molecule has 0 saturated heterocycles. The van der Waals surface area contributed by atoms with Gasteiger partial charge in [0.25, 0.3) is 0 Å². The van der Waals surface area contributed by atoms with Crippen molar-refractivity contribution in [3.05, 3.63) is 41.5 Å². The van der Waals surface area contributed by atoms with Gasteiger partial charge in [0.15, 0.2) is 0 Å². The van der Waals surface area contributed by atoms with Gasteiger partial charge in [-0.2, -0.15) is 0 Å². The first-order valence-electron chi connectivity index (χ1n) is 10.3. The van der Waals surface area contributed by atoms with Crippen LogP contribution in [0.4, 0.5) is 4.79 Å². The summed E-state index contributed by atoms with van der Waals surface area (Å²) < 4.78 is 5.36. The molecule has 0 aromatic heterocycles. The first-order chi connectivity index (χ1) is 12.8. The number of benzene rings is 1. The van der Waals surface area contributed by atoms with Gasteiger partial charge in [-0.1, -0.05) is 42.0 Å². The molecule has 4 heteroatoms. The second-order valence-electron chi connectivity index (χ2n) is 9.11. The van der Waals surface area contributed by atoms with Crippen LogP contribution in [-0.2, 0) is 4.74 Å². The number of amides is 1. The molecule has 0 heterocycles. The summed E-state index contributed by atoms with van der Waals surface area (Å²) in [5, 5.41) is 6.86. The third-order valence-electron chi connectivity index (χ3n) is 5.47. The highest BCUT2D eigenvalue weighted by molar-refractivity contribution is 5.68. The third kappa shape index (κ3) is 6.39. The van der Waals surface area contributed by atoms with Crippen LogP contribution in [0.3, 0.4) is 0 Å². The molecule has 1 aromatic carbocycles. The summed E-state index contributed by atoms with van der Waals surface area (Å²) in [5.41, 5.74) is 2.32. The summed E-state index contributed by atoms with van der Waals surface area (Å²) in [7, 11) is 0. The minimum atomic E-state index is -0.436. The Labute approximate surface area is 163 Å². The lowest BCUT2D eigenvalue weighted by molar-refractivity contribution is 0.0489. The van der Waals surface area contributed by atoms with E-state index in [9.17, 15) is 4.79 Å². The van der Waals surface area contributed by atoms with Crippen LogP contribution in [0.1, 0.15) is 65.4 Å². The molecule has 0 spiro atoms. The van der Waals surface area contributed by atoms with E-state index in [4.69, 9.17) is 4.74 Å². The Hall–Kier alpha value is -1.81. The van der Waals surface area contributed by atoms with Crippen molar-refractivity contribution in [2.24, 2.45) is 5.92 Å². The first kappa shape index (κ1) is 19.9. The third-order valence-corrected chi connectivity index (χ3v) is 5.47. The number of hydrogen-bond donors (Lipinski definition) is 2. The number of carbonyl (C=O) groups is 1. The predicted molar refractivity (Wildman–Crippen MR) is 111 cm³/mol. The van der Waals surface area contributed by atoms with Gasteiger partial charge in [0, 0.05) is 18.1 Å². The fourth-order valence-corrected chi connectivity index (χ4v) is 3.98. The van der Waals surface area contributed by atoms with E-state index >= 15 is 0 Å². The van der Waals surface area contributed by atoms with E-state index in [1.807, 2.05) is 20.8 Å². The Morgan fingerprint density at radius 1 is 1.07 bits per heavy atom. The maximum absolute atomic E-state index is 11.9. The molecule has 2 N–H and O–H groups in total. The molecule has 27 heavy (non-hydrogen) atoms. The molecule has 0 aliphatic heterocycles. The molecule has 148 valence electrons. The van der Waals surface area contributed by atoms with E-state index in [1.54, 1.807) is 0 Å². The van der Waals surface area contributed by atoms with Gasteiger partial charge in [-0.05, 0) is 71.3 Å². The average Bonchev–Trinajstić information content (AvgIpc) is 3.35. The summed E-state index contributed by atoms with van der Waals surface area (Å²) >= 11 is 0. The van der Waals surface area contributed by atoms with Crippen molar-refractivity contribution < 1.29 is 9.53 Å². The van der Waals surface area contributed by atoms with Crippen LogP contribution in [0.15, 0.2) is 35.9 Å². The molecule has 2 aliphatic carbocycles. The van der Waals surface area contributed by atoms with Crippen LogP contribution in [0.25, 0.3) is 6.08 Å². The maximum atomic E-state index is 11.9. The highest BCUT2D eigenvalue weighted by Crippen LogP contribution is 2.39. The van der Waals surface area contributed by atoms with Gasteiger partial charge in [0.2, 0.25) is 0 Å². The van der Waals surface area contributed by atoms with E-state index in [1.165, 1.54) is 17.6 Å². The van der Waals surface area contributed by atoms with Crippen molar-refractivity contribution in [3.8, 4) is 0 Å². The molecule has 4 nitrogen and oxygen atoms in total. The fourth-order valence-electron chi connectivity index (χ4n) is 3.98. The fraction of sp³-hybridized carbons (Fsp3) is 0.609. The molecule has 2 aliphatic rings. The van der Waals surface area contributed by atoms with Crippen molar-refractivity contribution in [2.45, 2.75) is 83.5 Å². The van der Waals surface area contributed by atoms with E-state index in [-0.39, 0.29) is 12.1 Å². The molecule has 0 bridgehead atoms. The predicted octanol–water partition coefficient (Wildman–Crippen LogP) is 4.90. The van der Waals surface area contributed by atoms with Crippen LogP contribution in [0, 0.1) is 5.92 Å². The summed E-state index contributed by atoms with van der Waals surface area (Å²) in [6, 6.07) is 12.0. The molecular weight excluding hydrogens is 336 g/mol. The second kappa shape index (κ2) is 8.47. The number of ether oxygens (including phenoxy) is 1. The largest absolute Gasteiger partial charge is 0.444 e. The Morgan fingerprint density at radius 2 is 1.70 bits per heavy atom. The number of rotatable bonds is 5. The number of nitrogens with one attached hydrogen (secondary N) is 2. The molecule has 2 saturated carbocycles. The minimum Gasteiger partial charge on any atom is -0.444 e. The van der Waals surface area contributed by atoms with Crippen molar-refractivity contribution in [1.82, 2.24) is 10.6 Å². The molecule has 3 rings (SSSR count). The molecule has 1 aromatic rings. The molecule has 0 unspecified atom stereocenters. The lowest BCUT2D eigenvalue weighted by Gasteiger charge is -2.30. The standard InChI is InChI=1S/C23H34N2O2/c1-16(14-17-8-6-5-7-9-17)20-15-21(20)24-18-10-12-19(13-11-18)25-22(26)27-23(2,3)4/h5-9,14,18-21,24H,10-13,15H2,1-4H3,(H,25,26)/b16-14+/t18-,19+,20-,21+/m0/s1. The first-order valence-corrected chi connectivity index (χ1v) is 10.3. The van der Waals surface area contributed by atoms with E-state index in [0.29, 0.717) is 18.0 Å². The zero-order valence-electron chi connectivity index (χ0n) is 17.1. The van der Waals surface area contributed by atoms with E-state index in [0.717, 1.165) is 25.7 Å².